The quantitative estimate of drug-likeness (QED) is 0.928. The van der Waals surface area contributed by atoms with Crippen molar-refractivity contribution in [2.45, 2.75) is 25.8 Å². The Balaban J connectivity index is 1.88. The van der Waals surface area contributed by atoms with E-state index in [9.17, 15) is 0 Å². The Morgan fingerprint density at radius 3 is 2.70 bits per heavy atom. The van der Waals surface area contributed by atoms with E-state index < -0.39 is 0 Å². The van der Waals surface area contributed by atoms with Crippen molar-refractivity contribution in [2.24, 2.45) is 0 Å². The lowest BCUT2D eigenvalue weighted by Crippen LogP contribution is -2.54. The molecule has 1 N–H and O–H groups in total. The van der Waals surface area contributed by atoms with Gasteiger partial charge in [0.15, 0.2) is 0 Å². The van der Waals surface area contributed by atoms with Crippen molar-refractivity contribution in [3.63, 3.8) is 0 Å². The molecule has 0 unspecified atom stereocenters. The zero-order valence-electron chi connectivity index (χ0n) is 12.4. The van der Waals surface area contributed by atoms with Crippen LogP contribution in [0.3, 0.4) is 0 Å². The zero-order valence-corrected chi connectivity index (χ0v) is 12.4. The summed E-state index contributed by atoms with van der Waals surface area (Å²) in [5, 5.41) is 6.00. The van der Waals surface area contributed by atoms with Crippen LogP contribution in [0.25, 0.3) is 10.8 Å². The fourth-order valence-corrected chi connectivity index (χ4v) is 3.11. The Morgan fingerprint density at radius 1 is 1.15 bits per heavy atom. The Kier molecular flexibility index (Phi) is 3.72. The van der Waals surface area contributed by atoms with Crippen molar-refractivity contribution in [2.75, 3.05) is 26.2 Å². The van der Waals surface area contributed by atoms with Crippen LogP contribution in [0.4, 0.5) is 0 Å². The van der Waals surface area contributed by atoms with E-state index in [2.05, 4.69) is 59.4 Å². The molecule has 20 heavy (non-hydrogen) atoms. The first-order valence-electron chi connectivity index (χ1n) is 7.45. The molecule has 3 rings (SSSR count). The van der Waals surface area contributed by atoms with E-state index in [0.29, 0.717) is 0 Å². The number of pyridine rings is 1. The minimum absolute atomic E-state index is 0.152. The van der Waals surface area contributed by atoms with E-state index in [1.165, 1.54) is 16.5 Å². The highest BCUT2D eigenvalue weighted by Crippen LogP contribution is 2.24. The van der Waals surface area contributed by atoms with Crippen LogP contribution in [0.15, 0.2) is 36.5 Å². The number of hydrogen-bond donors (Lipinski definition) is 1. The highest BCUT2D eigenvalue weighted by Gasteiger charge is 2.28. The van der Waals surface area contributed by atoms with Crippen molar-refractivity contribution < 1.29 is 0 Å². The van der Waals surface area contributed by atoms with E-state index in [1.54, 1.807) is 0 Å². The maximum absolute atomic E-state index is 4.64. The summed E-state index contributed by atoms with van der Waals surface area (Å²) < 4.78 is 0. The monoisotopic (exact) mass is 269 g/mol. The van der Waals surface area contributed by atoms with Crippen LogP contribution in [0.5, 0.6) is 0 Å². The topological polar surface area (TPSA) is 28.2 Å². The maximum atomic E-state index is 4.64. The molecule has 0 aliphatic carbocycles. The number of piperazine rings is 1. The van der Waals surface area contributed by atoms with Gasteiger partial charge in [-0.3, -0.25) is 9.88 Å². The van der Waals surface area contributed by atoms with Gasteiger partial charge >= 0.3 is 0 Å². The van der Waals surface area contributed by atoms with Gasteiger partial charge in [0.1, 0.15) is 0 Å². The number of rotatable bonds is 3. The van der Waals surface area contributed by atoms with Crippen LogP contribution in [0.1, 0.15) is 19.5 Å². The highest BCUT2D eigenvalue weighted by atomic mass is 15.2. The number of benzene rings is 1. The molecule has 3 heteroatoms. The predicted octanol–water partition coefficient (Wildman–Crippen LogP) is 2.46. The molecule has 1 fully saturated rings. The van der Waals surface area contributed by atoms with Gasteiger partial charge in [-0.1, -0.05) is 24.3 Å². The second kappa shape index (κ2) is 5.51. The summed E-state index contributed by atoms with van der Waals surface area (Å²) in [4.78, 5) is 7.22. The van der Waals surface area contributed by atoms with Crippen LogP contribution >= 0.6 is 0 Å². The average Bonchev–Trinajstić information content (AvgIpc) is 2.48. The first kappa shape index (κ1) is 13.5. The van der Waals surface area contributed by atoms with Crippen LogP contribution in [0.2, 0.25) is 0 Å². The SMILES string of the molecule is CC(C)(Cc1nccc2ccccc12)N1CCNCC1. The molecule has 106 valence electrons. The number of aromatic nitrogens is 1. The Hall–Kier alpha value is -1.45. The summed E-state index contributed by atoms with van der Waals surface area (Å²) in [7, 11) is 0. The Morgan fingerprint density at radius 2 is 1.90 bits per heavy atom. The van der Waals surface area contributed by atoms with E-state index in [-0.39, 0.29) is 5.54 Å². The normalized spacial score (nSPS) is 17.5. The molecule has 0 radical (unpaired) electrons. The summed E-state index contributed by atoms with van der Waals surface area (Å²) in [6.45, 7) is 9.10. The molecular formula is C17H23N3. The van der Waals surface area contributed by atoms with E-state index >= 15 is 0 Å². The van der Waals surface area contributed by atoms with Crippen molar-refractivity contribution in [3.8, 4) is 0 Å². The third-order valence-corrected chi connectivity index (χ3v) is 4.33. The first-order valence-corrected chi connectivity index (χ1v) is 7.45. The van der Waals surface area contributed by atoms with Crippen molar-refractivity contribution in [3.05, 3.63) is 42.2 Å². The minimum atomic E-state index is 0.152. The molecule has 2 aromatic rings. The van der Waals surface area contributed by atoms with E-state index in [4.69, 9.17) is 0 Å². The van der Waals surface area contributed by atoms with Gasteiger partial charge in [0.05, 0.1) is 0 Å². The third kappa shape index (κ3) is 2.69. The molecule has 0 atom stereocenters. The standard InChI is InChI=1S/C17H23N3/c1-17(2,20-11-9-18-10-12-20)13-16-15-6-4-3-5-14(15)7-8-19-16/h3-8,18H,9-13H2,1-2H3. The molecule has 0 saturated carbocycles. The summed E-state index contributed by atoms with van der Waals surface area (Å²) in [6, 6.07) is 10.6. The zero-order chi connectivity index (χ0) is 14.0. The Bertz CT molecular complexity index is 580. The van der Waals surface area contributed by atoms with Gasteiger partial charge in [-0.15, -0.1) is 0 Å². The van der Waals surface area contributed by atoms with Gasteiger partial charge in [0, 0.05) is 55.4 Å². The lowest BCUT2D eigenvalue weighted by molar-refractivity contribution is 0.103. The summed E-state index contributed by atoms with van der Waals surface area (Å²) in [5.41, 5.74) is 1.37. The van der Waals surface area contributed by atoms with Crippen molar-refractivity contribution in [1.29, 1.82) is 0 Å². The molecule has 1 aliphatic rings. The van der Waals surface area contributed by atoms with Gasteiger partial charge in [-0.05, 0) is 25.3 Å². The summed E-state index contributed by atoms with van der Waals surface area (Å²) in [6.07, 6.45) is 2.93. The molecular weight excluding hydrogens is 246 g/mol. The van der Waals surface area contributed by atoms with E-state index in [0.717, 1.165) is 32.6 Å². The fraction of sp³-hybridized carbons (Fsp3) is 0.471. The smallest absolute Gasteiger partial charge is 0.0500 e. The number of nitrogens with zero attached hydrogens (tertiary/aromatic N) is 2. The van der Waals surface area contributed by atoms with Crippen LogP contribution in [-0.2, 0) is 6.42 Å². The maximum Gasteiger partial charge on any atom is 0.0500 e. The molecule has 1 saturated heterocycles. The van der Waals surface area contributed by atoms with Gasteiger partial charge in [-0.2, -0.15) is 0 Å². The van der Waals surface area contributed by atoms with Crippen molar-refractivity contribution in [1.82, 2.24) is 15.2 Å². The summed E-state index contributed by atoms with van der Waals surface area (Å²) >= 11 is 0. The van der Waals surface area contributed by atoms with E-state index in [1.807, 2.05) is 6.20 Å². The van der Waals surface area contributed by atoms with Gasteiger partial charge < -0.3 is 5.32 Å². The number of nitrogens with one attached hydrogen (secondary N) is 1. The molecule has 2 heterocycles. The molecule has 1 aromatic carbocycles. The highest BCUT2D eigenvalue weighted by molar-refractivity contribution is 5.84. The predicted molar refractivity (Wildman–Crippen MR) is 84.0 cm³/mol. The van der Waals surface area contributed by atoms with Crippen LogP contribution in [-0.4, -0.2) is 41.6 Å². The minimum Gasteiger partial charge on any atom is -0.314 e. The van der Waals surface area contributed by atoms with Crippen molar-refractivity contribution >= 4 is 10.8 Å². The first-order chi connectivity index (χ1) is 9.67. The lowest BCUT2D eigenvalue weighted by Gasteiger charge is -2.41. The second-order valence-corrected chi connectivity index (χ2v) is 6.21. The largest absolute Gasteiger partial charge is 0.314 e. The molecule has 0 amide bonds. The second-order valence-electron chi connectivity index (χ2n) is 6.21. The molecule has 3 nitrogen and oxygen atoms in total. The molecule has 1 aromatic heterocycles. The molecule has 0 bridgehead atoms. The lowest BCUT2D eigenvalue weighted by atomic mass is 9.92. The molecule has 1 aliphatic heterocycles. The van der Waals surface area contributed by atoms with Gasteiger partial charge in [0.2, 0.25) is 0 Å². The average molecular weight is 269 g/mol. The van der Waals surface area contributed by atoms with Crippen LogP contribution in [0, 0.1) is 0 Å². The van der Waals surface area contributed by atoms with Crippen LogP contribution < -0.4 is 5.32 Å². The Labute approximate surface area is 121 Å². The summed E-state index contributed by atoms with van der Waals surface area (Å²) in [5.74, 6) is 0. The molecule has 0 spiro atoms. The number of hydrogen-bond acceptors (Lipinski definition) is 3. The third-order valence-electron chi connectivity index (χ3n) is 4.33. The van der Waals surface area contributed by atoms with Gasteiger partial charge in [0.25, 0.3) is 0 Å². The van der Waals surface area contributed by atoms with Gasteiger partial charge in [-0.25, -0.2) is 0 Å². The number of fused-ring (bicyclic) bond motifs is 1. The fourth-order valence-electron chi connectivity index (χ4n) is 3.11.